The minimum absolute atomic E-state index is 0.384. The molecule has 2 unspecified atom stereocenters. The number of hydrogen-bond donors (Lipinski definition) is 0. The van der Waals surface area contributed by atoms with Gasteiger partial charge in [0.2, 0.25) is 0 Å². The second kappa shape index (κ2) is 6.53. The Hall–Kier alpha value is -2.15. The number of aryl methyl sites for hydroxylation is 1. The van der Waals surface area contributed by atoms with Crippen LogP contribution in [0.4, 0.5) is 5.82 Å². The summed E-state index contributed by atoms with van der Waals surface area (Å²) in [6.45, 7) is 1.83. The zero-order valence-corrected chi connectivity index (χ0v) is 12.2. The molecule has 7 nitrogen and oxygen atoms in total. The summed E-state index contributed by atoms with van der Waals surface area (Å²) in [5.74, 6) is -0.448. The first-order valence-corrected chi connectivity index (χ1v) is 6.62. The summed E-state index contributed by atoms with van der Waals surface area (Å²) in [7, 11) is 2.62. The van der Waals surface area contributed by atoms with Gasteiger partial charge in [0, 0.05) is 5.69 Å². The molecule has 1 aromatic rings. The first kappa shape index (κ1) is 15.2. The van der Waals surface area contributed by atoms with Gasteiger partial charge in [-0.2, -0.15) is 0 Å². The Balaban J connectivity index is 2.28. The van der Waals surface area contributed by atoms with Crippen molar-refractivity contribution in [3.63, 3.8) is 0 Å². The fourth-order valence-electron chi connectivity index (χ4n) is 2.20. The van der Waals surface area contributed by atoms with Crippen LogP contribution in [-0.4, -0.2) is 43.3 Å². The number of ether oxygens (including phenoxy) is 2. The lowest BCUT2D eigenvalue weighted by atomic mass is 10.1. The van der Waals surface area contributed by atoms with E-state index in [2.05, 4.69) is 4.98 Å². The third kappa shape index (κ3) is 3.30. The third-order valence-electron chi connectivity index (χ3n) is 3.26. The number of nitrogens with zero attached hydrogens (tertiary/aromatic N) is 2. The summed E-state index contributed by atoms with van der Waals surface area (Å²) in [6, 6.07) is 4.71. The van der Waals surface area contributed by atoms with Crippen LogP contribution in [0.5, 0.6) is 0 Å². The second-order valence-electron chi connectivity index (χ2n) is 4.70. The molecule has 0 N–H and O–H groups in total. The Kier molecular flexibility index (Phi) is 4.74. The normalized spacial score (nSPS) is 21.8. The zero-order chi connectivity index (χ0) is 15.4. The lowest BCUT2D eigenvalue weighted by Crippen LogP contribution is -2.51. The number of pyridine rings is 1. The fraction of sp³-hybridized carbons (Fsp3) is 0.500. The Morgan fingerprint density at radius 1 is 1.24 bits per heavy atom. The van der Waals surface area contributed by atoms with E-state index in [4.69, 9.17) is 14.3 Å². The molecule has 1 fully saturated rings. The predicted molar refractivity (Wildman–Crippen MR) is 73.4 cm³/mol. The maximum atomic E-state index is 11.9. The lowest BCUT2D eigenvalue weighted by Gasteiger charge is -2.36. The largest absolute Gasteiger partial charge is 0.467 e. The number of rotatable bonds is 3. The standard InChI is InChI=1S/C14H18N2O5/c1-9-5-4-6-12(15-9)16-10(13(17)19-2)7-8-11(21-16)14(18)20-3/h4-6,10-11H,7-8H2,1-3H3. The van der Waals surface area contributed by atoms with E-state index in [0.717, 1.165) is 5.69 Å². The molecule has 1 aliphatic heterocycles. The quantitative estimate of drug-likeness (QED) is 0.770. The molecule has 2 atom stereocenters. The Labute approximate surface area is 122 Å². The van der Waals surface area contributed by atoms with Crippen LogP contribution < -0.4 is 5.06 Å². The SMILES string of the molecule is COC(=O)C1CCC(C(=O)OC)N(c2cccc(C)n2)O1. The van der Waals surface area contributed by atoms with Crippen LogP contribution in [0.3, 0.4) is 0 Å². The fourth-order valence-corrected chi connectivity index (χ4v) is 2.20. The van der Waals surface area contributed by atoms with Gasteiger partial charge in [0.15, 0.2) is 18.0 Å². The Morgan fingerprint density at radius 2 is 1.95 bits per heavy atom. The highest BCUT2D eigenvalue weighted by atomic mass is 16.7. The second-order valence-corrected chi connectivity index (χ2v) is 4.70. The summed E-state index contributed by atoms with van der Waals surface area (Å²) in [6.07, 6.45) is 0.0507. The molecule has 1 aliphatic rings. The zero-order valence-electron chi connectivity index (χ0n) is 12.2. The van der Waals surface area contributed by atoms with Crippen molar-refractivity contribution < 1.29 is 23.9 Å². The first-order chi connectivity index (χ1) is 10.1. The summed E-state index contributed by atoms with van der Waals surface area (Å²) in [5.41, 5.74) is 0.778. The third-order valence-corrected chi connectivity index (χ3v) is 3.26. The number of carbonyl (C=O) groups excluding carboxylic acids is 2. The molecule has 0 aromatic carbocycles. The minimum Gasteiger partial charge on any atom is -0.467 e. The van der Waals surface area contributed by atoms with E-state index in [9.17, 15) is 9.59 Å². The van der Waals surface area contributed by atoms with Crippen LogP contribution in [0, 0.1) is 6.92 Å². The number of anilines is 1. The summed E-state index contributed by atoms with van der Waals surface area (Å²) >= 11 is 0. The van der Waals surface area contributed by atoms with Crippen molar-refractivity contribution in [2.45, 2.75) is 31.9 Å². The van der Waals surface area contributed by atoms with Crippen molar-refractivity contribution in [3.8, 4) is 0 Å². The van der Waals surface area contributed by atoms with Gasteiger partial charge in [-0.25, -0.2) is 19.6 Å². The predicted octanol–water partition coefficient (Wildman–Crippen LogP) is 1.01. The highest BCUT2D eigenvalue weighted by Gasteiger charge is 2.39. The average Bonchev–Trinajstić information content (AvgIpc) is 2.52. The molecule has 0 radical (unpaired) electrons. The van der Waals surface area contributed by atoms with Crippen molar-refractivity contribution in [1.82, 2.24) is 4.98 Å². The smallest absolute Gasteiger partial charge is 0.337 e. The molecule has 2 heterocycles. The van der Waals surface area contributed by atoms with Gasteiger partial charge in [-0.15, -0.1) is 0 Å². The van der Waals surface area contributed by atoms with Crippen LogP contribution in [0.2, 0.25) is 0 Å². The molecule has 0 aliphatic carbocycles. The monoisotopic (exact) mass is 294 g/mol. The van der Waals surface area contributed by atoms with Crippen molar-refractivity contribution in [3.05, 3.63) is 23.9 Å². The maximum Gasteiger partial charge on any atom is 0.337 e. The van der Waals surface area contributed by atoms with Crippen LogP contribution in [0.15, 0.2) is 18.2 Å². The van der Waals surface area contributed by atoms with E-state index in [1.165, 1.54) is 19.3 Å². The molecule has 0 spiro atoms. The van der Waals surface area contributed by atoms with E-state index in [1.807, 2.05) is 13.0 Å². The average molecular weight is 294 g/mol. The Morgan fingerprint density at radius 3 is 2.57 bits per heavy atom. The number of carbonyl (C=O) groups is 2. The Bertz CT molecular complexity index is 534. The van der Waals surface area contributed by atoms with E-state index in [0.29, 0.717) is 18.7 Å². The highest BCUT2D eigenvalue weighted by Crippen LogP contribution is 2.27. The van der Waals surface area contributed by atoms with E-state index in [1.54, 1.807) is 12.1 Å². The van der Waals surface area contributed by atoms with Gasteiger partial charge in [0.25, 0.3) is 0 Å². The topological polar surface area (TPSA) is 78.0 Å². The summed E-state index contributed by atoms with van der Waals surface area (Å²) < 4.78 is 9.48. The van der Waals surface area contributed by atoms with Crippen LogP contribution in [0.1, 0.15) is 18.5 Å². The summed E-state index contributed by atoms with van der Waals surface area (Å²) in [5, 5.41) is 1.34. The number of aromatic nitrogens is 1. The van der Waals surface area contributed by atoms with E-state index >= 15 is 0 Å². The minimum atomic E-state index is -0.752. The number of hydroxylamine groups is 1. The molecule has 0 amide bonds. The van der Waals surface area contributed by atoms with Gasteiger partial charge in [-0.3, -0.25) is 4.84 Å². The molecule has 21 heavy (non-hydrogen) atoms. The summed E-state index contributed by atoms with van der Waals surface area (Å²) in [4.78, 5) is 33.5. The van der Waals surface area contributed by atoms with Crippen LogP contribution in [-0.2, 0) is 23.9 Å². The molecule has 1 aromatic heterocycles. The molecular weight excluding hydrogens is 276 g/mol. The van der Waals surface area contributed by atoms with E-state index < -0.39 is 24.1 Å². The van der Waals surface area contributed by atoms with Crippen molar-refractivity contribution in [2.75, 3.05) is 19.3 Å². The van der Waals surface area contributed by atoms with Crippen LogP contribution in [0.25, 0.3) is 0 Å². The molecule has 114 valence electrons. The molecule has 2 rings (SSSR count). The van der Waals surface area contributed by atoms with Gasteiger partial charge in [0.1, 0.15) is 0 Å². The van der Waals surface area contributed by atoms with Gasteiger partial charge >= 0.3 is 11.9 Å². The lowest BCUT2D eigenvalue weighted by molar-refractivity contribution is -0.165. The number of esters is 2. The molecule has 7 heteroatoms. The molecular formula is C14H18N2O5. The molecule has 0 bridgehead atoms. The van der Waals surface area contributed by atoms with Gasteiger partial charge < -0.3 is 9.47 Å². The maximum absolute atomic E-state index is 11.9. The van der Waals surface area contributed by atoms with Gasteiger partial charge in [-0.1, -0.05) is 6.07 Å². The first-order valence-electron chi connectivity index (χ1n) is 6.62. The van der Waals surface area contributed by atoms with Crippen molar-refractivity contribution in [1.29, 1.82) is 0 Å². The van der Waals surface area contributed by atoms with E-state index in [-0.39, 0.29) is 0 Å². The molecule has 0 saturated carbocycles. The number of methoxy groups -OCH3 is 2. The van der Waals surface area contributed by atoms with Crippen LogP contribution >= 0.6 is 0 Å². The number of hydrogen-bond acceptors (Lipinski definition) is 7. The van der Waals surface area contributed by atoms with Gasteiger partial charge in [0.05, 0.1) is 14.2 Å². The van der Waals surface area contributed by atoms with Gasteiger partial charge in [-0.05, 0) is 31.9 Å². The van der Waals surface area contributed by atoms with Crippen molar-refractivity contribution in [2.24, 2.45) is 0 Å². The highest BCUT2D eigenvalue weighted by molar-refractivity contribution is 5.80. The van der Waals surface area contributed by atoms with Crippen molar-refractivity contribution >= 4 is 17.8 Å². The molecule has 1 saturated heterocycles.